The van der Waals surface area contributed by atoms with Crippen molar-refractivity contribution in [3.63, 3.8) is 0 Å². The summed E-state index contributed by atoms with van der Waals surface area (Å²) >= 11 is 1.23. The van der Waals surface area contributed by atoms with Gasteiger partial charge in [0, 0.05) is 36.0 Å². The quantitative estimate of drug-likeness (QED) is 0.522. The molecule has 5 rings (SSSR count). The average Bonchev–Trinajstić information content (AvgIpc) is 3.35. The molecule has 3 N–H and O–H groups in total. The van der Waals surface area contributed by atoms with Crippen molar-refractivity contribution in [1.29, 1.82) is 5.26 Å². The Bertz CT molecular complexity index is 1390. The third-order valence-electron chi connectivity index (χ3n) is 6.23. The summed E-state index contributed by atoms with van der Waals surface area (Å²) in [5.41, 5.74) is 3.80. The molecule has 10 heteroatoms. The second kappa shape index (κ2) is 10.4. The first-order valence-corrected chi connectivity index (χ1v) is 12.8. The van der Waals surface area contributed by atoms with Crippen molar-refractivity contribution in [1.82, 2.24) is 5.32 Å². The Balaban J connectivity index is 1.37. The molecule has 0 bridgehead atoms. The third kappa shape index (κ3) is 5.17. The number of carbonyl (C=O) groups is 3. The fourth-order valence-corrected chi connectivity index (χ4v) is 5.50. The number of amides is 2. The highest BCUT2D eigenvalue weighted by Crippen LogP contribution is 2.46. The summed E-state index contributed by atoms with van der Waals surface area (Å²) in [6.45, 7) is 1.56. The zero-order valence-electron chi connectivity index (χ0n) is 20.1. The van der Waals surface area contributed by atoms with Gasteiger partial charge in [0.1, 0.15) is 0 Å². The summed E-state index contributed by atoms with van der Waals surface area (Å²) in [6, 6.07) is 14.6. The van der Waals surface area contributed by atoms with Crippen molar-refractivity contribution in [2.24, 2.45) is 0 Å². The lowest BCUT2D eigenvalue weighted by Crippen LogP contribution is -2.31. The summed E-state index contributed by atoms with van der Waals surface area (Å²) in [4.78, 5) is 36.9. The Labute approximate surface area is 217 Å². The molecule has 2 aliphatic heterocycles. The molecule has 2 aromatic carbocycles. The first kappa shape index (κ1) is 24.5. The van der Waals surface area contributed by atoms with Gasteiger partial charge in [-0.25, -0.2) is 0 Å². The van der Waals surface area contributed by atoms with E-state index in [2.05, 4.69) is 22.0 Å². The maximum Gasteiger partial charge on any atom is 0.234 e. The number of anilines is 2. The van der Waals surface area contributed by atoms with Crippen LogP contribution in [0.25, 0.3) is 0 Å². The van der Waals surface area contributed by atoms with Crippen LogP contribution in [0, 0.1) is 11.3 Å². The van der Waals surface area contributed by atoms with Gasteiger partial charge in [0.25, 0.3) is 0 Å². The van der Waals surface area contributed by atoms with E-state index < -0.39 is 5.92 Å². The minimum Gasteiger partial charge on any atom is -0.454 e. The molecule has 0 saturated carbocycles. The number of rotatable bonds is 6. The number of allylic oxidation sites excluding steroid dienone is 3. The van der Waals surface area contributed by atoms with Gasteiger partial charge in [-0.15, -0.1) is 0 Å². The maximum atomic E-state index is 13.0. The van der Waals surface area contributed by atoms with E-state index in [0.717, 1.165) is 17.7 Å². The van der Waals surface area contributed by atoms with Crippen LogP contribution in [0.15, 0.2) is 64.3 Å². The molecule has 0 saturated heterocycles. The number of hydrogen-bond acceptors (Lipinski definition) is 8. The van der Waals surface area contributed by atoms with Gasteiger partial charge in [-0.1, -0.05) is 17.8 Å². The van der Waals surface area contributed by atoms with E-state index in [1.165, 1.54) is 18.7 Å². The van der Waals surface area contributed by atoms with Gasteiger partial charge in [-0.2, -0.15) is 5.26 Å². The van der Waals surface area contributed by atoms with Crippen LogP contribution < -0.4 is 25.4 Å². The average molecular weight is 517 g/mol. The molecule has 0 radical (unpaired) electrons. The number of nitriles is 1. The number of ether oxygens (including phenoxy) is 2. The van der Waals surface area contributed by atoms with Crippen LogP contribution in [-0.4, -0.2) is 30.1 Å². The summed E-state index contributed by atoms with van der Waals surface area (Å²) in [5, 5.41) is 19.5. The number of hydrogen-bond donors (Lipinski definition) is 3. The molecule has 2 amide bonds. The van der Waals surface area contributed by atoms with E-state index in [1.807, 2.05) is 12.1 Å². The highest BCUT2D eigenvalue weighted by molar-refractivity contribution is 8.03. The van der Waals surface area contributed by atoms with Crippen LogP contribution in [0.1, 0.15) is 37.7 Å². The van der Waals surface area contributed by atoms with Crippen molar-refractivity contribution >= 4 is 40.7 Å². The Hall–Kier alpha value is -4.23. The zero-order chi connectivity index (χ0) is 25.9. The second-order valence-electron chi connectivity index (χ2n) is 8.79. The van der Waals surface area contributed by atoms with Crippen molar-refractivity contribution in [2.45, 2.75) is 32.1 Å². The predicted octanol–water partition coefficient (Wildman–Crippen LogP) is 4.17. The Morgan fingerprint density at radius 3 is 2.54 bits per heavy atom. The minimum absolute atomic E-state index is 0.0219. The van der Waals surface area contributed by atoms with Crippen LogP contribution in [0.3, 0.4) is 0 Å². The Morgan fingerprint density at radius 1 is 1.08 bits per heavy atom. The first-order chi connectivity index (χ1) is 17.9. The number of thioether (sulfide) groups is 1. The molecular formula is C27H24N4O5S. The van der Waals surface area contributed by atoms with Gasteiger partial charge in [0.2, 0.25) is 18.6 Å². The molecule has 2 heterocycles. The fourth-order valence-electron chi connectivity index (χ4n) is 4.64. The SMILES string of the molecule is CC(=O)Nc1ccc(NC(=O)CSC2=C(C#N)[C@H](c3ccc4c(c3)OCO4)C3=C(CCCC3=O)N2)cc1. The standard InChI is InChI=1S/C27H24N4O5S/c1-15(32)29-17-6-8-18(9-7-17)30-24(34)13-37-27-19(12-28)25(26-20(31-27)3-2-4-21(26)33)16-5-10-22-23(11-16)36-14-35-22/h5-11,25,31H,2-4,13-14H2,1H3,(H,29,32)(H,30,34)/t25-/m0/s1. The Kier molecular flexibility index (Phi) is 6.88. The number of dihydropyridines is 1. The number of nitrogens with one attached hydrogen (secondary N) is 3. The smallest absolute Gasteiger partial charge is 0.234 e. The molecule has 1 aliphatic carbocycles. The van der Waals surface area contributed by atoms with Crippen LogP contribution in [0.4, 0.5) is 11.4 Å². The van der Waals surface area contributed by atoms with E-state index in [4.69, 9.17) is 9.47 Å². The number of Topliss-reactive ketones (excluding diaryl/α,β-unsaturated/α-hetero) is 1. The van der Waals surface area contributed by atoms with Crippen LogP contribution >= 0.6 is 11.8 Å². The number of fused-ring (bicyclic) bond motifs is 1. The van der Waals surface area contributed by atoms with Crippen molar-refractivity contribution in [3.8, 4) is 17.6 Å². The molecular weight excluding hydrogens is 492 g/mol. The van der Waals surface area contributed by atoms with Gasteiger partial charge in [0.15, 0.2) is 17.3 Å². The summed E-state index contributed by atoms with van der Waals surface area (Å²) in [7, 11) is 0. The molecule has 9 nitrogen and oxygen atoms in total. The zero-order valence-corrected chi connectivity index (χ0v) is 20.9. The number of ketones is 1. The van der Waals surface area contributed by atoms with E-state index in [0.29, 0.717) is 51.9 Å². The first-order valence-electron chi connectivity index (χ1n) is 11.8. The summed E-state index contributed by atoms with van der Waals surface area (Å²) < 4.78 is 11.0. The molecule has 37 heavy (non-hydrogen) atoms. The van der Waals surface area contributed by atoms with E-state index >= 15 is 0 Å². The minimum atomic E-state index is -0.546. The van der Waals surface area contributed by atoms with Crippen molar-refractivity contribution in [2.75, 3.05) is 23.2 Å². The van der Waals surface area contributed by atoms with Crippen LogP contribution in [0.5, 0.6) is 11.5 Å². The summed E-state index contributed by atoms with van der Waals surface area (Å²) in [6.07, 6.45) is 1.86. The van der Waals surface area contributed by atoms with Gasteiger partial charge < -0.3 is 25.4 Å². The van der Waals surface area contributed by atoms with Crippen molar-refractivity contribution in [3.05, 3.63) is 69.9 Å². The topological polar surface area (TPSA) is 130 Å². The van der Waals surface area contributed by atoms with Crippen LogP contribution in [0.2, 0.25) is 0 Å². The lowest BCUT2D eigenvalue weighted by molar-refractivity contribution is -0.116. The molecule has 0 spiro atoms. The monoisotopic (exact) mass is 516 g/mol. The summed E-state index contributed by atoms with van der Waals surface area (Å²) in [5.74, 6) is 0.321. The van der Waals surface area contributed by atoms with Crippen LogP contribution in [-0.2, 0) is 14.4 Å². The molecule has 2 aromatic rings. The Morgan fingerprint density at radius 2 is 1.81 bits per heavy atom. The van der Waals surface area contributed by atoms with Gasteiger partial charge >= 0.3 is 0 Å². The van der Waals surface area contributed by atoms with E-state index in [9.17, 15) is 19.6 Å². The molecule has 0 unspecified atom stereocenters. The second-order valence-corrected chi connectivity index (χ2v) is 9.78. The molecule has 1 atom stereocenters. The normalized spacial score (nSPS) is 18.1. The predicted molar refractivity (Wildman–Crippen MR) is 139 cm³/mol. The molecule has 3 aliphatic rings. The lowest BCUT2D eigenvalue weighted by Gasteiger charge is -2.33. The van der Waals surface area contributed by atoms with Crippen molar-refractivity contribution < 1.29 is 23.9 Å². The maximum absolute atomic E-state index is 13.0. The third-order valence-corrected chi connectivity index (χ3v) is 7.25. The fraction of sp³-hybridized carbons (Fsp3) is 0.259. The largest absolute Gasteiger partial charge is 0.454 e. The molecule has 0 fully saturated rings. The molecule has 0 aromatic heterocycles. The number of benzene rings is 2. The lowest BCUT2D eigenvalue weighted by atomic mass is 9.77. The van der Waals surface area contributed by atoms with Gasteiger partial charge in [-0.05, 0) is 54.8 Å². The van der Waals surface area contributed by atoms with Gasteiger partial charge in [0.05, 0.1) is 28.3 Å². The number of nitrogens with zero attached hydrogens (tertiary/aromatic N) is 1. The van der Waals surface area contributed by atoms with Gasteiger partial charge in [-0.3, -0.25) is 14.4 Å². The number of carbonyl (C=O) groups excluding carboxylic acids is 3. The highest BCUT2D eigenvalue weighted by atomic mass is 32.2. The molecule has 188 valence electrons. The van der Waals surface area contributed by atoms with E-state index in [-0.39, 0.29) is 30.1 Å². The highest BCUT2D eigenvalue weighted by Gasteiger charge is 2.37. The van der Waals surface area contributed by atoms with E-state index in [1.54, 1.807) is 30.3 Å².